The summed E-state index contributed by atoms with van der Waals surface area (Å²) in [4.78, 5) is 9.89. The third-order valence-electron chi connectivity index (χ3n) is 14.1. The van der Waals surface area contributed by atoms with Gasteiger partial charge in [-0.2, -0.15) is 0 Å². The van der Waals surface area contributed by atoms with Crippen LogP contribution >= 0.6 is 0 Å². The Morgan fingerprint density at radius 3 is 1.78 bits per heavy atom. The number of hydrogen-bond donors (Lipinski definition) is 0. The van der Waals surface area contributed by atoms with E-state index in [0.717, 1.165) is 39.7 Å². The van der Waals surface area contributed by atoms with Crippen LogP contribution in [0.25, 0.3) is 38.8 Å². The Labute approximate surface area is 403 Å². The smallest absolute Gasteiger partial charge is 0.137 e. The van der Waals surface area contributed by atoms with Crippen molar-refractivity contribution in [3.63, 3.8) is 0 Å². The predicted molar refractivity (Wildman–Crippen MR) is 287 cm³/mol. The zero-order chi connectivity index (χ0) is 47.8. The number of hydrogen-bond acceptors (Lipinski definition) is 4. The van der Waals surface area contributed by atoms with Crippen LogP contribution in [0, 0.1) is 0 Å². The van der Waals surface area contributed by atoms with Gasteiger partial charge in [-0.3, -0.25) is 4.57 Å². The molecule has 5 heteroatoms. The van der Waals surface area contributed by atoms with Crippen LogP contribution in [0.4, 0.5) is 22.7 Å². The van der Waals surface area contributed by atoms with E-state index in [0.29, 0.717) is 6.67 Å². The number of nitrogens with zero attached hydrogens (tertiary/aromatic N) is 4. The molecule has 0 unspecified atom stereocenters. The topological polar surface area (TPSA) is 33.5 Å². The van der Waals surface area contributed by atoms with Crippen molar-refractivity contribution in [2.24, 2.45) is 0 Å². The van der Waals surface area contributed by atoms with Gasteiger partial charge >= 0.3 is 0 Å². The van der Waals surface area contributed by atoms with Crippen molar-refractivity contribution < 1.29 is 4.74 Å². The van der Waals surface area contributed by atoms with E-state index in [1.807, 2.05) is 6.20 Å². The van der Waals surface area contributed by atoms with Crippen LogP contribution in [0.5, 0.6) is 11.5 Å². The summed E-state index contributed by atoms with van der Waals surface area (Å²) >= 11 is 0. The Balaban J connectivity index is 1.06. The van der Waals surface area contributed by atoms with Gasteiger partial charge in [-0.1, -0.05) is 161 Å². The van der Waals surface area contributed by atoms with Crippen molar-refractivity contribution in [3.05, 3.63) is 204 Å². The van der Waals surface area contributed by atoms with Crippen LogP contribution in [0.3, 0.4) is 0 Å². The molecule has 3 heterocycles. The zero-order valence-electron chi connectivity index (χ0n) is 41.6. The monoisotopic (exact) mass is 893 g/mol. The molecule has 0 amide bonds. The van der Waals surface area contributed by atoms with Crippen LogP contribution in [0.2, 0.25) is 0 Å². The maximum absolute atomic E-state index is 6.89. The molecule has 0 spiro atoms. The van der Waals surface area contributed by atoms with Crippen LogP contribution in [-0.2, 0) is 21.7 Å². The lowest BCUT2D eigenvalue weighted by atomic mass is 9.77. The molecule has 0 bridgehead atoms. The summed E-state index contributed by atoms with van der Waals surface area (Å²) in [5.41, 5.74) is 15.3. The second-order valence-corrected chi connectivity index (χ2v) is 22.3. The third-order valence-corrected chi connectivity index (χ3v) is 14.1. The van der Waals surface area contributed by atoms with Gasteiger partial charge in [-0.15, -0.1) is 0 Å². The molecular weight excluding hydrogens is 829 g/mol. The fraction of sp³-hybridized carbons (Fsp3) is 0.254. The van der Waals surface area contributed by atoms with Crippen molar-refractivity contribution in [1.29, 1.82) is 0 Å². The highest BCUT2D eigenvalue weighted by Gasteiger charge is 2.32. The van der Waals surface area contributed by atoms with Gasteiger partial charge in [0.05, 0.1) is 22.4 Å². The van der Waals surface area contributed by atoms with Crippen molar-refractivity contribution in [2.75, 3.05) is 16.5 Å². The van der Waals surface area contributed by atoms with Gasteiger partial charge in [0.15, 0.2) is 0 Å². The number of benzene rings is 7. The maximum atomic E-state index is 6.89. The molecule has 7 aromatic carbocycles. The maximum Gasteiger partial charge on any atom is 0.137 e. The van der Waals surface area contributed by atoms with E-state index in [1.54, 1.807) is 0 Å². The fourth-order valence-electron chi connectivity index (χ4n) is 9.75. The largest absolute Gasteiger partial charge is 0.457 e. The number of anilines is 4. The van der Waals surface area contributed by atoms with Crippen LogP contribution in [0.15, 0.2) is 176 Å². The van der Waals surface area contributed by atoms with E-state index in [9.17, 15) is 0 Å². The van der Waals surface area contributed by atoms with Crippen molar-refractivity contribution in [1.82, 2.24) is 9.55 Å². The first-order chi connectivity index (χ1) is 32.3. The van der Waals surface area contributed by atoms with E-state index in [1.165, 1.54) is 61.1 Å². The Kier molecular flexibility index (Phi) is 10.9. The molecule has 0 fully saturated rings. The highest BCUT2D eigenvalue weighted by Crippen LogP contribution is 2.49. The SMILES string of the molecule is CC(C)(C)c1ccnc(-n2c3ccc(C(C)(C)C)cc3c3ccc(Oc4cccc(N5CN(c6cc(-c7ccccc7)cc(C(C)(C)c7ccccc7)c6)c6ccc(C(C)(C)C)cc65)c4)cc32)c1. The van der Waals surface area contributed by atoms with E-state index < -0.39 is 0 Å². The molecule has 1 aliphatic heterocycles. The van der Waals surface area contributed by atoms with Crippen LogP contribution in [-0.4, -0.2) is 16.2 Å². The molecule has 9 aromatic rings. The van der Waals surface area contributed by atoms with Crippen LogP contribution in [0.1, 0.15) is 104 Å². The van der Waals surface area contributed by atoms with Crippen molar-refractivity contribution in [2.45, 2.75) is 97.8 Å². The van der Waals surface area contributed by atoms with Crippen molar-refractivity contribution in [3.8, 4) is 28.4 Å². The van der Waals surface area contributed by atoms with Gasteiger partial charge in [-0.25, -0.2) is 4.98 Å². The average molecular weight is 893 g/mol. The Morgan fingerprint density at radius 1 is 0.412 bits per heavy atom. The number of rotatable bonds is 8. The summed E-state index contributed by atoms with van der Waals surface area (Å²) < 4.78 is 9.20. The second-order valence-electron chi connectivity index (χ2n) is 22.3. The van der Waals surface area contributed by atoms with Crippen molar-refractivity contribution >= 4 is 44.6 Å². The van der Waals surface area contributed by atoms with Gasteiger partial charge in [0.1, 0.15) is 24.0 Å². The minimum atomic E-state index is -0.232. The first-order valence-electron chi connectivity index (χ1n) is 24.1. The van der Waals surface area contributed by atoms with Gasteiger partial charge in [0.25, 0.3) is 0 Å². The summed E-state index contributed by atoms with van der Waals surface area (Å²) in [6.07, 6.45) is 1.94. The summed E-state index contributed by atoms with van der Waals surface area (Å²) in [6.45, 7) is 25.8. The summed E-state index contributed by atoms with van der Waals surface area (Å²) in [6, 6.07) is 62.1. The molecule has 5 nitrogen and oxygen atoms in total. The fourth-order valence-corrected chi connectivity index (χ4v) is 9.75. The highest BCUT2D eigenvalue weighted by molar-refractivity contribution is 6.10. The number of aromatic nitrogens is 2. The molecule has 0 saturated heterocycles. The summed E-state index contributed by atoms with van der Waals surface area (Å²) in [5.74, 6) is 2.45. The lowest BCUT2D eigenvalue weighted by Gasteiger charge is -2.29. The van der Waals surface area contributed by atoms with Crippen LogP contribution < -0.4 is 14.5 Å². The first kappa shape index (κ1) is 44.7. The molecule has 0 atom stereocenters. The van der Waals surface area contributed by atoms with E-state index >= 15 is 0 Å². The first-order valence-corrected chi connectivity index (χ1v) is 24.1. The Hall–Kier alpha value is -7.11. The average Bonchev–Trinajstić information content (AvgIpc) is 3.87. The normalized spacial score (nSPS) is 13.4. The van der Waals surface area contributed by atoms with E-state index in [-0.39, 0.29) is 21.7 Å². The predicted octanol–water partition coefficient (Wildman–Crippen LogP) is 17.1. The van der Waals surface area contributed by atoms with Gasteiger partial charge < -0.3 is 14.5 Å². The van der Waals surface area contributed by atoms with Gasteiger partial charge in [0.2, 0.25) is 0 Å². The number of pyridine rings is 1. The van der Waals surface area contributed by atoms with E-state index in [4.69, 9.17) is 9.72 Å². The lowest BCUT2D eigenvalue weighted by molar-refractivity contribution is 0.483. The number of ether oxygens (including phenoxy) is 1. The molecule has 68 heavy (non-hydrogen) atoms. The lowest BCUT2D eigenvalue weighted by Crippen LogP contribution is -2.25. The molecule has 0 N–H and O–H groups in total. The summed E-state index contributed by atoms with van der Waals surface area (Å²) in [7, 11) is 0. The molecule has 0 radical (unpaired) electrons. The summed E-state index contributed by atoms with van der Waals surface area (Å²) in [5, 5.41) is 2.38. The highest BCUT2D eigenvalue weighted by atomic mass is 16.5. The second kappa shape index (κ2) is 16.6. The quantitative estimate of drug-likeness (QED) is 0.152. The molecule has 1 aliphatic rings. The molecule has 10 rings (SSSR count). The Morgan fingerprint density at radius 2 is 1.06 bits per heavy atom. The molecule has 0 saturated carbocycles. The van der Waals surface area contributed by atoms with E-state index in [2.05, 4.69) is 260 Å². The molecule has 0 aliphatic carbocycles. The van der Waals surface area contributed by atoms with Gasteiger partial charge in [0, 0.05) is 45.9 Å². The number of fused-ring (bicyclic) bond motifs is 4. The molecule has 2 aromatic heterocycles. The minimum absolute atomic E-state index is 0.0106. The Bertz CT molecular complexity index is 3320. The third kappa shape index (κ3) is 8.33. The molecule has 342 valence electrons. The van der Waals surface area contributed by atoms with Gasteiger partial charge in [-0.05, 0) is 128 Å². The minimum Gasteiger partial charge on any atom is -0.457 e. The molecular formula is C63H64N4O. The zero-order valence-corrected chi connectivity index (χ0v) is 41.6. The standard InChI is InChI=1S/C63H64N4O/c1-60(2,3)45-25-29-55-54(36-45)53-28-27-52(40-57(53)67(55)59-38-47(31-32-64-59)62(7,8)9)68-51-24-18-23-49(39-51)65-41-66(56-30-26-46(37-58(56)65)61(4,5)6)50-34-43(42-19-14-12-15-20-42)33-48(35-50)63(10,11)44-21-16-13-17-22-44/h12-40H,41H2,1-11H3.